The highest BCUT2D eigenvalue weighted by atomic mass is 32.2. The fraction of sp³-hybridized carbons (Fsp3) is 0.0417. The third-order valence-corrected chi connectivity index (χ3v) is 7.39. The zero-order chi connectivity index (χ0) is 25.6. The van der Waals surface area contributed by atoms with Gasteiger partial charge in [0.2, 0.25) is 15.2 Å². The molecule has 0 spiro atoms. The van der Waals surface area contributed by atoms with Crippen LogP contribution >= 0.6 is 11.3 Å². The molecular weight excluding hydrogens is 507 g/mol. The van der Waals surface area contributed by atoms with Crippen molar-refractivity contribution in [1.82, 2.24) is 14.8 Å². The van der Waals surface area contributed by atoms with Crippen LogP contribution in [0.15, 0.2) is 75.7 Å². The Morgan fingerprint density at radius 1 is 1.14 bits per heavy atom. The monoisotopic (exact) mass is 524 g/mol. The molecule has 5 rings (SSSR count). The third kappa shape index (κ3) is 4.33. The average Bonchev–Trinajstić information content (AvgIpc) is 3.44. The van der Waals surface area contributed by atoms with Crippen LogP contribution in [0, 0.1) is 5.82 Å². The number of nitrogens with one attached hydrogen (secondary N) is 1. The van der Waals surface area contributed by atoms with E-state index in [-0.39, 0.29) is 22.1 Å². The number of aromatic nitrogens is 3. The Hall–Kier alpha value is -4.13. The summed E-state index contributed by atoms with van der Waals surface area (Å²) >= 11 is 0.989. The smallest absolute Gasteiger partial charge is 0.355 e. The first-order valence-electron chi connectivity index (χ1n) is 10.5. The zero-order valence-corrected chi connectivity index (χ0v) is 19.9. The second-order valence-electron chi connectivity index (χ2n) is 7.96. The highest BCUT2D eigenvalue weighted by Crippen LogP contribution is 2.31. The van der Waals surface area contributed by atoms with Gasteiger partial charge in [0.25, 0.3) is 5.56 Å². The molecule has 3 aromatic carbocycles. The summed E-state index contributed by atoms with van der Waals surface area (Å²) in [6.07, 6.45) is 0.122. The average molecular weight is 525 g/mol. The Labute approximate surface area is 207 Å². The van der Waals surface area contributed by atoms with E-state index < -0.39 is 27.4 Å². The lowest BCUT2D eigenvalue weighted by atomic mass is 9.97. The summed E-state index contributed by atoms with van der Waals surface area (Å²) in [4.78, 5) is 28.8. The van der Waals surface area contributed by atoms with Crippen LogP contribution in [0.1, 0.15) is 21.6 Å². The Balaban J connectivity index is 1.69. The minimum absolute atomic E-state index is 0.0574. The zero-order valence-electron chi connectivity index (χ0n) is 18.3. The minimum Gasteiger partial charge on any atom is -0.476 e. The summed E-state index contributed by atoms with van der Waals surface area (Å²) in [6, 6.07) is 15.4. The topological polar surface area (TPSA) is 148 Å². The van der Waals surface area contributed by atoms with Gasteiger partial charge in [-0.25, -0.2) is 27.7 Å². The van der Waals surface area contributed by atoms with E-state index >= 15 is 0 Å². The number of carboxylic acids is 1. The van der Waals surface area contributed by atoms with Crippen molar-refractivity contribution in [3.63, 3.8) is 0 Å². The molecule has 0 atom stereocenters. The molecular formula is C24H17FN4O5S2. The second kappa shape index (κ2) is 8.82. The first kappa shape index (κ1) is 23.6. The lowest BCUT2D eigenvalue weighted by Gasteiger charge is -2.08. The number of H-pyrrole nitrogens is 1. The van der Waals surface area contributed by atoms with Gasteiger partial charge < -0.3 is 5.11 Å². The van der Waals surface area contributed by atoms with Crippen LogP contribution in [0.3, 0.4) is 0 Å². The van der Waals surface area contributed by atoms with Crippen LogP contribution in [0.5, 0.6) is 0 Å². The quantitative estimate of drug-likeness (QED) is 0.310. The van der Waals surface area contributed by atoms with Gasteiger partial charge >= 0.3 is 5.97 Å². The third-order valence-electron chi connectivity index (χ3n) is 5.63. The number of hydrogen-bond acceptors (Lipinski definition) is 6. The van der Waals surface area contributed by atoms with Gasteiger partial charge in [0, 0.05) is 22.9 Å². The summed E-state index contributed by atoms with van der Waals surface area (Å²) in [7, 11) is -3.87. The van der Waals surface area contributed by atoms with Gasteiger partial charge in [0.1, 0.15) is 5.82 Å². The van der Waals surface area contributed by atoms with E-state index in [9.17, 15) is 27.5 Å². The number of carbonyl (C=O) groups is 1. The Kier molecular flexibility index (Phi) is 5.79. The Morgan fingerprint density at radius 3 is 2.56 bits per heavy atom. The van der Waals surface area contributed by atoms with Gasteiger partial charge in [-0.2, -0.15) is 4.68 Å². The van der Waals surface area contributed by atoms with Crippen molar-refractivity contribution in [2.45, 2.75) is 11.3 Å². The molecule has 182 valence electrons. The van der Waals surface area contributed by atoms with Gasteiger partial charge in [0.15, 0.2) is 5.69 Å². The molecule has 2 aromatic heterocycles. The molecule has 0 amide bonds. The van der Waals surface area contributed by atoms with Crippen LogP contribution in [-0.4, -0.2) is 34.3 Å². The SMILES string of the molecule is NS(=O)(=O)c1ccc(Cc2c(-c3cccc4cc(F)ccc34)[nH]n(-c3nc(C(=O)O)cs3)c2=O)cc1. The number of aromatic carboxylic acids is 1. The first-order chi connectivity index (χ1) is 17.1. The molecule has 0 saturated heterocycles. The Morgan fingerprint density at radius 2 is 1.89 bits per heavy atom. The molecule has 0 radical (unpaired) electrons. The second-order valence-corrected chi connectivity index (χ2v) is 10.4. The molecule has 0 fully saturated rings. The van der Waals surface area contributed by atoms with Gasteiger partial charge in [-0.3, -0.25) is 9.89 Å². The molecule has 2 heterocycles. The van der Waals surface area contributed by atoms with E-state index in [1.54, 1.807) is 36.4 Å². The van der Waals surface area contributed by atoms with Crippen molar-refractivity contribution in [1.29, 1.82) is 0 Å². The summed E-state index contributed by atoms with van der Waals surface area (Å²) in [5, 5.41) is 20.3. The molecule has 36 heavy (non-hydrogen) atoms. The molecule has 0 saturated carbocycles. The maximum atomic E-state index is 13.8. The molecule has 0 aliphatic rings. The number of fused-ring (bicyclic) bond motifs is 1. The largest absolute Gasteiger partial charge is 0.476 e. The summed E-state index contributed by atoms with van der Waals surface area (Å²) in [5.41, 5.74) is 1.41. The van der Waals surface area contributed by atoms with Crippen LogP contribution in [0.4, 0.5) is 4.39 Å². The van der Waals surface area contributed by atoms with Crippen LogP contribution in [-0.2, 0) is 16.4 Å². The number of nitrogens with zero attached hydrogens (tertiary/aromatic N) is 2. The van der Waals surface area contributed by atoms with Crippen molar-refractivity contribution < 1.29 is 22.7 Å². The standard InChI is InChI=1S/C24H17FN4O5S2/c25-15-6-9-17-14(11-15)2-1-3-18(17)21-19(10-13-4-7-16(8-5-13)36(26,33)34)22(30)29(28-21)24-27-20(12-35-24)23(31)32/h1-9,11-12,28H,10H2,(H,31,32)(H2,26,33,34). The molecule has 5 aromatic rings. The van der Waals surface area contributed by atoms with Crippen LogP contribution in [0.2, 0.25) is 0 Å². The molecule has 0 unspecified atom stereocenters. The van der Waals surface area contributed by atoms with Crippen molar-refractivity contribution in [3.8, 4) is 16.4 Å². The number of halogens is 1. The number of thiazole rings is 1. The molecule has 0 bridgehead atoms. The molecule has 12 heteroatoms. The number of sulfonamides is 1. The maximum Gasteiger partial charge on any atom is 0.355 e. The van der Waals surface area contributed by atoms with Crippen molar-refractivity contribution >= 4 is 38.1 Å². The molecule has 0 aliphatic carbocycles. The fourth-order valence-corrected chi connectivity index (χ4v) is 5.20. The predicted octanol–water partition coefficient (Wildman–Crippen LogP) is 3.52. The van der Waals surface area contributed by atoms with E-state index in [0.29, 0.717) is 33.2 Å². The summed E-state index contributed by atoms with van der Waals surface area (Å²) < 4.78 is 38.2. The highest BCUT2D eigenvalue weighted by Gasteiger charge is 2.21. The maximum absolute atomic E-state index is 13.8. The number of rotatable bonds is 6. The predicted molar refractivity (Wildman–Crippen MR) is 133 cm³/mol. The number of benzene rings is 3. The van der Waals surface area contributed by atoms with E-state index in [1.807, 2.05) is 0 Å². The van der Waals surface area contributed by atoms with Gasteiger partial charge in [0.05, 0.1) is 10.6 Å². The summed E-state index contributed by atoms with van der Waals surface area (Å²) in [6.45, 7) is 0. The van der Waals surface area contributed by atoms with E-state index in [2.05, 4.69) is 10.1 Å². The van der Waals surface area contributed by atoms with Crippen LogP contribution < -0.4 is 10.7 Å². The van der Waals surface area contributed by atoms with Crippen molar-refractivity contribution in [2.24, 2.45) is 5.14 Å². The van der Waals surface area contributed by atoms with Gasteiger partial charge in [-0.05, 0) is 40.6 Å². The minimum atomic E-state index is -3.87. The normalized spacial score (nSPS) is 11.7. The number of primary sulfonamides is 1. The first-order valence-corrected chi connectivity index (χ1v) is 12.9. The number of aromatic amines is 1. The molecule has 4 N–H and O–H groups in total. The number of nitrogens with two attached hydrogens (primary N) is 1. The van der Waals surface area contributed by atoms with Gasteiger partial charge in [-0.15, -0.1) is 11.3 Å². The van der Waals surface area contributed by atoms with E-state index in [1.165, 1.54) is 34.3 Å². The van der Waals surface area contributed by atoms with Crippen LogP contribution in [0.25, 0.3) is 27.2 Å². The molecule has 0 aliphatic heterocycles. The lowest BCUT2D eigenvalue weighted by Crippen LogP contribution is -2.18. The molecule has 9 nitrogen and oxygen atoms in total. The van der Waals surface area contributed by atoms with E-state index in [4.69, 9.17) is 5.14 Å². The number of carboxylic acid groups (broad SMARTS) is 1. The van der Waals surface area contributed by atoms with Gasteiger partial charge in [-0.1, -0.05) is 36.4 Å². The van der Waals surface area contributed by atoms with E-state index in [0.717, 1.165) is 11.3 Å². The summed E-state index contributed by atoms with van der Waals surface area (Å²) in [5.74, 6) is -1.62. The fourth-order valence-electron chi connectivity index (χ4n) is 3.93. The number of hydrogen-bond donors (Lipinski definition) is 3. The highest BCUT2D eigenvalue weighted by molar-refractivity contribution is 7.89. The van der Waals surface area contributed by atoms with Crippen molar-refractivity contribution in [3.05, 3.63) is 99.0 Å². The Bertz CT molecular complexity index is 1800. The van der Waals surface area contributed by atoms with Crippen molar-refractivity contribution in [2.75, 3.05) is 0 Å². The lowest BCUT2D eigenvalue weighted by molar-refractivity contribution is 0.0691.